The molecule has 0 aliphatic carbocycles. The smallest absolute Gasteiger partial charge is 0.303 e. The van der Waals surface area contributed by atoms with Gasteiger partial charge in [-0.25, -0.2) is 0 Å². The van der Waals surface area contributed by atoms with Crippen LogP contribution in [0, 0.1) is 5.92 Å². The Morgan fingerprint density at radius 2 is 2.17 bits per heavy atom. The van der Waals surface area contributed by atoms with Crippen LogP contribution in [-0.2, 0) is 4.79 Å². The lowest BCUT2D eigenvalue weighted by Gasteiger charge is -2.32. The summed E-state index contributed by atoms with van der Waals surface area (Å²) in [5.74, 6) is -0.541. The molecule has 2 aromatic rings. The topological polar surface area (TPSA) is 73.4 Å². The van der Waals surface area contributed by atoms with Crippen molar-refractivity contribution in [3.63, 3.8) is 0 Å². The van der Waals surface area contributed by atoms with Gasteiger partial charge in [-0.2, -0.15) is 0 Å². The molecule has 1 aromatic carbocycles. The fourth-order valence-electron chi connectivity index (χ4n) is 3.20. The van der Waals surface area contributed by atoms with Gasteiger partial charge in [0.05, 0.1) is 0 Å². The standard InChI is InChI=1S/C17H19ClN2O3/c18-13-5-4-12-8-15(19-14(12)9-13)17(23)20-7-1-2-11(10-20)3-6-16(21)22/h4-5,8-9,11,19H,1-3,6-7,10H2,(H,21,22). The highest BCUT2D eigenvalue weighted by Crippen LogP contribution is 2.24. The summed E-state index contributed by atoms with van der Waals surface area (Å²) < 4.78 is 0. The number of carboxylic acids is 1. The fraction of sp³-hybridized carbons (Fsp3) is 0.412. The highest BCUT2D eigenvalue weighted by molar-refractivity contribution is 6.31. The van der Waals surface area contributed by atoms with Gasteiger partial charge in [0.15, 0.2) is 0 Å². The third-order valence-corrected chi connectivity index (χ3v) is 4.62. The van der Waals surface area contributed by atoms with Crippen molar-refractivity contribution in [1.82, 2.24) is 9.88 Å². The molecule has 1 unspecified atom stereocenters. The van der Waals surface area contributed by atoms with Crippen LogP contribution in [0.15, 0.2) is 24.3 Å². The van der Waals surface area contributed by atoms with E-state index in [0.29, 0.717) is 23.7 Å². The van der Waals surface area contributed by atoms with E-state index in [1.807, 2.05) is 17.0 Å². The zero-order chi connectivity index (χ0) is 16.4. The molecule has 3 rings (SSSR count). The SMILES string of the molecule is O=C(O)CCC1CCCN(C(=O)c2cc3ccc(Cl)cc3[nH]2)C1. The van der Waals surface area contributed by atoms with Crippen LogP contribution in [0.3, 0.4) is 0 Å². The molecule has 122 valence electrons. The monoisotopic (exact) mass is 334 g/mol. The summed E-state index contributed by atoms with van der Waals surface area (Å²) in [4.78, 5) is 28.3. The van der Waals surface area contributed by atoms with Gasteiger partial charge in [-0.05, 0) is 43.4 Å². The summed E-state index contributed by atoms with van der Waals surface area (Å²) in [6.45, 7) is 1.35. The van der Waals surface area contributed by atoms with E-state index in [1.165, 1.54) is 0 Å². The highest BCUT2D eigenvalue weighted by Gasteiger charge is 2.25. The average Bonchev–Trinajstić information content (AvgIpc) is 2.95. The van der Waals surface area contributed by atoms with E-state index in [4.69, 9.17) is 16.7 Å². The molecule has 0 bridgehead atoms. The first-order chi connectivity index (χ1) is 11.0. The summed E-state index contributed by atoms with van der Waals surface area (Å²) in [5, 5.41) is 10.4. The maximum atomic E-state index is 12.7. The van der Waals surface area contributed by atoms with Crippen LogP contribution in [0.4, 0.5) is 0 Å². The van der Waals surface area contributed by atoms with Gasteiger partial charge in [0, 0.05) is 35.4 Å². The lowest BCUT2D eigenvalue weighted by Crippen LogP contribution is -2.40. The predicted molar refractivity (Wildman–Crippen MR) is 88.8 cm³/mol. The number of carbonyl (C=O) groups is 2. The number of halogens is 1. The number of benzene rings is 1. The van der Waals surface area contributed by atoms with E-state index in [0.717, 1.165) is 30.3 Å². The van der Waals surface area contributed by atoms with Gasteiger partial charge >= 0.3 is 5.97 Å². The van der Waals surface area contributed by atoms with Crippen LogP contribution in [0.5, 0.6) is 0 Å². The first-order valence-electron chi connectivity index (χ1n) is 7.82. The summed E-state index contributed by atoms with van der Waals surface area (Å²) in [6, 6.07) is 7.33. The maximum Gasteiger partial charge on any atom is 0.303 e. The van der Waals surface area contributed by atoms with Crippen LogP contribution in [0.25, 0.3) is 10.9 Å². The van der Waals surface area contributed by atoms with Gasteiger partial charge in [-0.1, -0.05) is 17.7 Å². The molecule has 23 heavy (non-hydrogen) atoms. The summed E-state index contributed by atoms with van der Waals surface area (Å²) in [7, 11) is 0. The molecular weight excluding hydrogens is 316 g/mol. The van der Waals surface area contributed by atoms with Gasteiger partial charge in [0.25, 0.3) is 5.91 Å². The number of aromatic amines is 1. The zero-order valence-corrected chi connectivity index (χ0v) is 13.5. The van der Waals surface area contributed by atoms with Crippen LogP contribution in [0.2, 0.25) is 5.02 Å². The Morgan fingerprint density at radius 3 is 2.96 bits per heavy atom. The number of fused-ring (bicyclic) bond motifs is 1. The van der Waals surface area contributed by atoms with Crippen molar-refractivity contribution >= 4 is 34.4 Å². The van der Waals surface area contributed by atoms with Crippen molar-refractivity contribution in [2.75, 3.05) is 13.1 Å². The Bertz CT molecular complexity index is 741. The van der Waals surface area contributed by atoms with E-state index >= 15 is 0 Å². The number of H-pyrrole nitrogens is 1. The minimum absolute atomic E-state index is 0.0302. The molecule has 1 fully saturated rings. The molecule has 1 aromatic heterocycles. The van der Waals surface area contributed by atoms with Crippen molar-refractivity contribution in [3.8, 4) is 0 Å². The third-order valence-electron chi connectivity index (χ3n) is 4.39. The number of aliphatic carboxylic acids is 1. The quantitative estimate of drug-likeness (QED) is 0.898. The number of rotatable bonds is 4. The minimum atomic E-state index is -0.777. The van der Waals surface area contributed by atoms with E-state index in [1.54, 1.807) is 12.1 Å². The van der Waals surface area contributed by atoms with Crippen LogP contribution >= 0.6 is 11.6 Å². The fourth-order valence-corrected chi connectivity index (χ4v) is 3.37. The van der Waals surface area contributed by atoms with Gasteiger partial charge in [-0.15, -0.1) is 0 Å². The lowest BCUT2D eigenvalue weighted by atomic mass is 9.93. The molecule has 1 aliphatic rings. The number of carbonyl (C=O) groups excluding carboxylic acids is 1. The molecule has 6 heteroatoms. The van der Waals surface area contributed by atoms with Crippen molar-refractivity contribution in [2.24, 2.45) is 5.92 Å². The van der Waals surface area contributed by atoms with Crippen LogP contribution in [-0.4, -0.2) is 40.0 Å². The maximum absolute atomic E-state index is 12.7. The molecule has 0 radical (unpaired) electrons. The molecule has 0 spiro atoms. The van der Waals surface area contributed by atoms with Gasteiger partial charge in [-0.3, -0.25) is 9.59 Å². The van der Waals surface area contributed by atoms with Crippen molar-refractivity contribution in [3.05, 3.63) is 35.0 Å². The number of nitrogens with one attached hydrogen (secondary N) is 1. The molecule has 2 N–H and O–H groups in total. The van der Waals surface area contributed by atoms with Gasteiger partial charge in [0.2, 0.25) is 0 Å². The van der Waals surface area contributed by atoms with E-state index in [9.17, 15) is 9.59 Å². The molecule has 1 aliphatic heterocycles. The minimum Gasteiger partial charge on any atom is -0.481 e. The Kier molecular flexibility index (Phi) is 4.57. The Hall–Kier alpha value is -2.01. The first kappa shape index (κ1) is 15.9. The summed E-state index contributed by atoms with van der Waals surface area (Å²) >= 11 is 5.97. The number of piperidine rings is 1. The van der Waals surface area contributed by atoms with E-state index in [-0.39, 0.29) is 18.2 Å². The first-order valence-corrected chi connectivity index (χ1v) is 8.20. The molecular formula is C17H19ClN2O3. The number of hydrogen-bond donors (Lipinski definition) is 2. The largest absolute Gasteiger partial charge is 0.481 e. The second-order valence-corrected chi connectivity index (χ2v) is 6.54. The molecule has 5 nitrogen and oxygen atoms in total. The van der Waals surface area contributed by atoms with E-state index < -0.39 is 5.97 Å². The highest BCUT2D eigenvalue weighted by atomic mass is 35.5. The second kappa shape index (κ2) is 6.62. The normalized spacial score (nSPS) is 18.3. The van der Waals surface area contributed by atoms with Gasteiger partial charge < -0.3 is 15.0 Å². The predicted octanol–water partition coefficient (Wildman–Crippen LogP) is 3.54. The Labute approximate surface area is 139 Å². The van der Waals surface area contributed by atoms with Crippen molar-refractivity contribution in [1.29, 1.82) is 0 Å². The number of likely N-dealkylation sites (tertiary alicyclic amines) is 1. The van der Waals surface area contributed by atoms with E-state index in [2.05, 4.69) is 4.98 Å². The Balaban J connectivity index is 1.71. The van der Waals surface area contributed by atoms with Crippen LogP contribution < -0.4 is 0 Å². The molecule has 1 amide bonds. The van der Waals surface area contributed by atoms with Crippen molar-refractivity contribution < 1.29 is 14.7 Å². The number of hydrogen-bond acceptors (Lipinski definition) is 2. The van der Waals surface area contributed by atoms with Crippen molar-refractivity contribution in [2.45, 2.75) is 25.7 Å². The zero-order valence-electron chi connectivity index (χ0n) is 12.7. The lowest BCUT2D eigenvalue weighted by molar-refractivity contribution is -0.137. The average molecular weight is 335 g/mol. The van der Waals surface area contributed by atoms with Gasteiger partial charge in [0.1, 0.15) is 5.69 Å². The summed E-state index contributed by atoms with van der Waals surface area (Å²) in [6.07, 6.45) is 2.69. The number of amides is 1. The number of carboxylic acid groups (broad SMARTS) is 1. The number of aromatic nitrogens is 1. The van der Waals surface area contributed by atoms with Crippen LogP contribution in [0.1, 0.15) is 36.2 Å². The summed E-state index contributed by atoms with van der Waals surface area (Å²) in [5.41, 5.74) is 1.40. The second-order valence-electron chi connectivity index (χ2n) is 6.11. The third kappa shape index (κ3) is 3.67. The molecule has 1 atom stereocenters. The molecule has 0 saturated carbocycles. The molecule has 2 heterocycles. The molecule has 1 saturated heterocycles. The number of nitrogens with zero attached hydrogens (tertiary/aromatic N) is 1. The Morgan fingerprint density at radius 1 is 1.35 bits per heavy atom.